The minimum atomic E-state index is -0.198. The number of anilines is 5. The Bertz CT molecular complexity index is 2240. The molecule has 0 spiro atoms. The SMILES string of the molecule is Cc1cc2c3c(c1)N(c1ccc(C(C)(C)C)cc1)c1cc(C(C)(C)C)ncc1B3C1=C(c3ccccc3C1(C)C)N2c1ccc(C(C)(C)C)cc1. The van der Waals surface area contributed by atoms with Gasteiger partial charge in [-0.05, 0) is 93.4 Å². The molecule has 3 nitrogen and oxygen atoms in total. The molecule has 5 aromatic rings. The lowest BCUT2D eigenvalue weighted by Crippen LogP contribution is -2.58. The van der Waals surface area contributed by atoms with Crippen LogP contribution in [-0.4, -0.2) is 11.7 Å². The molecule has 8 rings (SSSR count). The van der Waals surface area contributed by atoms with Crippen LogP contribution in [0.1, 0.15) is 110 Å². The van der Waals surface area contributed by atoms with Gasteiger partial charge < -0.3 is 9.80 Å². The Labute approximate surface area is 306 Å². The van der Waals surface area contributed by atoms with Crippen LogP contribution in [0.3, 0.4) is 0 Å². The molecule has 0 radical (unpaired) electrons. The van der Waals surface area contributed by atoms with E-state index < -0.39 is 0 Å². The fourth-order valence-corrected chi connectivity index (χ4v) is 8.74. The number of hydrogen-bond acceptors (Lipinski definition) is 3. The largest absolute Gasteiger partial charge is 0.311 e. The molecule has 2 aliphatic heterocycles. The zero-order valence-corrected chi connectivity index (χ0v) is 32.7. The molecule has 1 aliphatic carbocycles. The van der Waals surface area contributed by atoms with Gasteiger partial charge in [0.1, 0.15) is 0 Å². The van der Waals surface area contributed by atoms with Gasteiger partial charge in [0.15, 0.2) is 0 Å². The van der Waals surface area contributed by atoms with E-state index in [1.165, 1.54) is 78.3 Å². The van der Waals surface area contributed by atoms with E-state index in [1.54, 1.807) is 0 Å². The number of fused-ring (bicyclic) bond motifs is 5. The van der Waals surface area contributed by atoms with Crippen LogP contribution < -0.4 is 20.7 Å². The van der Waals surface area contributed by atoms with Gasteiger partial charge in [0, 0.05) is 62.4 Å². The van der Waals surface area contributed by atoms with Crippen molar-refractivity contribution >= 4 is 51.8 Å². The normalized spacial score (nSPS) is 16.2. The van der Waals surface area contributed by atoms with Gasteiger partial charge >= 0.3 is 0 Å². The fourth-order valence-electron chi connectivity index (χ4n) is 8.74. The lowest BCUT2D eigenvalue weighted by atomic mass is 9.30. The molecular weight excluding hydrogens is 617 g/mol. The van der Waals surface area contributed by atoms with E-state index in [2.05, 4.69) is 190 Å². The maximum absolute atomic E-state index is 5.24. The monoisotopic (exact) mass is 669 g/mol. The summed E-state index contributed by atoms with van der Waals surface area (Å²) >= 11 is 0. The first-order chi connectivity index (χ1) is 23.9. The van der Waals surface area contributed by atoms with Crippen LogP contribution in [0.2, 0.25) is 0 Å². The minimum absolute atomic E-state index is 0.0553. The molecular formula is C47H52BN3. The first-order valence-corrected chi connectivity index (χ1v) is 18.7. The van der Waals surface area contributed by atoms with E-state index in [0.717, 1.165) is 5.69 Å². The summed E-state index contributed by atoms with van der Waals surface area (Å²) < 4.78 is 0. The molecule has 51 heavy (non-hydrogen) atoms. The Balaban J connectivity index is 1.47. The van der Waals surface area contributed by atoms with Crippen molar-refractivity contribution < 1.29 is 0 Å². The molecule has 4 heteroatoms. The van der Waals surface area contributed by atoms with Gasteiger partial charge in [-0.2, -0.15) is 0 Å². The predicted molar refractivity (Wildman–Crippen MR) is 220 cm³/mol. The smallest absolute Gasteiger partial charge is 0.250 e. The van der Waals surface area contributed by atoms with Gasteiger partial charge in [-0.25, -0.2) is 0 Å². The molecule has 3 heterocycles. The van der Waals surface area contributed by atoms with Crippen molar-refractivity contribution in [1.82, 2.24) is 4.98 Å². The van der Waals surface area contributed by atoms with E-state index in [9.17, 15) is 0 Å². The highest BCUT2D eigenvalue weighted by molar-refractivity contribution is 6.96. The summed E-state index contributed by atoms with van der Waals surface area (Å²) in [6.45, 7) is 27.7. The van der Waals surface area contributed by atoms with E-state index in [0.29, 0.717) is 0 Å². The molecule has 0 saturated carbocycles. The van der Waals surface area contributed by atoms with Gasteiger partial charge in [0.2, 0.25) is 0 Å². The molecule has 0 bridgehead atoms. The summed E-state index contributed by atoms with van der Waals surface area (Å²) in [5.74, 6) is 0. The zero-order valence-electron chi connectivity index (χ0n) is 32.7. The highest BCUT2D eigenvalue weighted by Gasteiger charge is 2.53. The summed E-state index contributed by atoms with van der Waals surface area (Å²) in [6, 6.07) is 34.9. The zero-order chi connectivity index (χ0) is 36.4. The van der Waals surface area contributed by atoms with Crippen molar-refractivity contribution in [2.45, 2.75) is 105 Å². The van der Waals surface area contributed by atoms with Crippen molar-refractivity contribution in [3.63, 3.8) is 0 Å². The second kappa shape index (κ2) is 11.0. The second-order valence-corrected chi connectivity index (χ2v) is 18.7. The lowest BCUT2D eigenvalue weighted by Gasteiger charge is -2.46. The van der Waals surface area contributed by atoms with Crippen molar-refractivity contribution in [2.24, 2.45) is 0 Å². The lowest BCUT2D eigenvalue weighted by molar-refractivity contribution is 0.569. The van der Waals surface area contributed by atoms with Crippen LogP contribution >= 0.6 is 0 Å². The number of allylic oxidation sites excluding steroid dienone is 1. The molecule has 0 N–H and O–H groups in total. The Morgan fingerprint density at radius 2 is 1.14 bits per heavy atom. The van der Waals surface area contributed by atoms with Gasteiger partial charge in [-0.1, -0.05) is 130 Å². The van der Waals surface area contributed by atoms with Crippen LogP contribution in [0, 0.1) is 6.92 Å². The highest BCUT2D eigenvalue weighted by Crippen LogP contribution is 2.56. The Morgan fingerprint density at radius 3 is 1.69 bits per heavy atom. The summed E-state index contributed by atoms with van der Waals surface area (Å²) in [4.78, 5) is 10.4. The maximum atomic E-state index is 5.24. The molecule has 3 aliphatic rings. The number of rotatable bonds is 2. The Hall–Kier alpha value is -4.57. The summed E-state index contributed by atoms with van der Waals surface area (Å²) in [7, 11) is 0. The van der Waals surface area contributed by atoms with Gasteiger partial charge in [0.05, 0.1) is 0 Å². The first-order valence-electron chi connectivity index (χ1n) is 18.7. The van der Waals surface area contributed by atoms with E-state index in [1.807, 2.05) is 0 Å². The van der Waals surface area contributed by atoms with Crippen molar-refractivity contribution in [1.29, 1.82) is 0 Å². The number of benzene rings is 4. The first kappa shape index (κ1) is 33.6. The summed E-state index contributed by atoms with van der Waals surface area (Å²) in [5, 5.41) is 0. The predicted octanol–water partition coefficient (Wildman–Crippen LogP) is 11.1. The average molecular weight is 670 g/mol. The molecule has 0 atom stereocenters. The molecule has 0 amide bonds. The topological polar surface area (TPSA) is 19.4 Å². The summed E-state index contributed by atoms with van der Waals surface area (Å²) in [6.07, 6.45) is 2.21. The third kappa shape index (κ3) is 5.12. The Morgan fingerprint density at radius 1 is 0.608 bits per heavy atom. The number of aryl methyl sites for hydroxylation is 1. The third-order valence-corrected chi connectivity index (χ3v) is 11.6. The van der Waals surface area contributed by atoms with Crippen molar-refractivity contribution in [3.05, 3.63) is 136 Å². The maximum Gasteiger partial charge on any atom is 0.250 e. The van der Waals surface area contributed by atoms with E-state index in [4.69, 9.17) is 4.98 Å². The molecule has 258 valence electrons. The van der Waals surface area contributed by atoms with Crippen LogP contribution in [-0.2, 0) is 21.7 Å². The number of aromatic nitrogens is 1. The molecule has 0 saturated heterocycles. The molecule has 4 aromatic carbocycles. The molecule has 0 unspecified atom stereocenters. The van der Waals surface area contributed by atoms with Crippen LogP contribution in [0.25, 0.3) is 5.70 Å². The van der Waals surface area contributed by atoms with Gasteiger partial charge in [0.25, 0.3) is 6.71 Å². The third-order valence-electron chi connectivity index (χ3n) is 11.6. The van der Waals surface area contributed by atoms with Crippen LogP contribution in [0.4, 0.5) is 28.4 Å². The molecule has 1 aromatic heterocycles. The quantitative estimate of drug-likeness (QED) is 0.174. The second-order valence-electron chi connectivity index (χ2n) is 18.7. The summed E-state index contributed by atoms with van der Waals surface area (Å²) in [5.41, 5.74) is 19.1. The van der Waals surface area contributed by atoms with Crippen molar-refractivity contribution in [2.75, 3.05) is 9.80 Å². The van der Waals surface area contributed by atoms with Crippen LogP contribution in [0.5, 0.6) is 0 Å². The van der Waals surface area contributed by atoms with E-state index in [-0.39, 0.29) is 28.4 Å². The average Bonchev–Trinajstić information content (AvgIpc) is 3.29. The number of nitrogens with zero attached hydrogens (tertiary/aromatic N) is 3. The Kier molecular flexibility index (Phi) is 7.22. The van der Waals surface area contributed by atoms with Crippen LogP contribution in [0.15, 0.2) is 103 Å². The van der Waals surface area contributed by atoms with E-state index >= 15 is 0 Å². The van der Waals surface area contributed by atoms with Gasteiger partial charge in [-0.15, -0.1) is 0 Å². The fraction of sp³-hybridized carbons (Fsp3) is 0.340. The van der Waals surface area contributed by atoms with Gasteiger partial charge in [-0.3, -0.25) is 4.98 Å². The van der Waals surface area contributed by atoms with Crippen molar-refractivity contribution in [3.8, 4) is 0 Å². The minimum Gasteiger partial charge on any atom is -0.311 e. The highest BCUT2D eigenvalue weighted by atomic mass is 15.2. The standard InChI is InChI=1S/C47H52BN3/c1-29-25-38-41-39(26-29)51(33-23-19-31(20-24-33)45(5,6)7)42-34-15-13-14-16-35(34)47(11,12)43(42)48(41)36-28-49-40(46(8,9)10)27-37(36)50(38)32-21-17-30(18-22-32)44(2,3)4/h13-28H,1-12H3. The number of hydrogen-bond donors (Lipinski definition) is 0. The number of pyridine rings is 1. The molecule has 0 fully saturated rings.